The quantitative estimate of drug-likeness (QED) is 0.814. The highest BCUT2D eigenvalue weighted by Crippen LogP contribution is 2.23. The number of halogens is 2. The topological polar surface area (TPSA) is 35.6 Å². The highest BCUT2D eigenvalue weighted by Gasteiger charge is 2.29. The van der Waals surface area contributed by atoms with Gasteiger partial charge in [-0.2, -0.15) is 0 Å². The Kier molecular flexibility index (Phi) is 9.95. The van der Waals surface area contributed by atoms with Gasteiger partial charge in [-0.1, -0.05) is 6.42 Å². The molecule has 4 nitrogen and oxygen atoms in total. The largest absolute Gasteiger partial charge is 0.342 e. The summed E-state index contributed by atoms with van der Waals surface area (Å²) in [7, 11) is 0. The minimum Gasteiger partial charge on any atom is -0.342 e. The molecule has 0 aromatic heterocycles. The normalized spacial score (nSPS) is 31.2. The molecule has 0 aromatic carbocycles. The highest BCUT2D eigenvalue weighted by atomic mass is 35.5. The van der Waals surface area contributed by atoms with Gasteiger partial charge >= 0.3 is 0 Å². The van der Waals surface area contributed by atoms with E-state index in [1.807, 2.05) is 0 Å². The lowest BCUT2D eigenvalue weighted by Gasteiger charge is -2.39. The molecule has 3 saturated heterocycles. The van der Waals surface area contributed by atoms with Gasteiger partial charge in [0.05, 0.1) is 0 Å². The molecule has 6 heteroatoms. The van der Waals surface area contributed by atoms with Crippen molar-refractivity contribution in [3.05, 3.63) is 0 Å². The van der Waals surface area contributed by atoms with Crippen LogP contribution in [-0.2, 0) is 4.79 Å². The van der Waals surface area contributed by atoms with Crippen LogP contribution < -0.4 is 5.32 Å². The standard InChI is InChI=1S/C18H33N3O.2ClH/c1-15-6-2-3-10-20(15)13-16-7-5-11-21(14-16)18(22)12-17-8-4-9-19-17;;/h15-17,19H,2-14H2,1H3;2*1H. The molecule has 3 heterocycles. The molecule has 0 bridgehead atoms. The lowest BCUT2D eigenvalue weighted by molar-refractivity contribution is -0.133. The Morgan fingerprint density at radius 3 is 2.58 bits per heavy atom. The Labute approximate surface area is 159 Å². The van der Waals surface area contributed by atoms with Crippen LogP contribution in [0.4, 0.5) is 0 Å². The van der Waals surface area contributed by atoms with Gasteiger partial charge in [-0.3, -0.25) is 4.79 Å². The number of nitrogens with one attached hydrogen (secondary N) is 1. The van der Waals surface area contributed by atoms with Crippen LogP contribution in [0.3, 0.4) is 0 Å². The molecule has 3 fully saturated rings. The van der Waals surface area contributed by atoms with Crippen molar-refractivity contribution < 1.29 is 4.79 Å². The molecular weight excluding hydrogens is 345 g/mol. The summed E-state index contributed by atoms with van der Waals surface area (Å²) in [6.07, 6.45) is 9.71. The van der Waals surface area contributed by atoms with Crippen LogP contribution in [0, 0.1) is 5.92 Å². The van der Waals surface area contributed by atoms with E-state index in [1.54, 1.807) is 0 Å². The zero-order valence-electron chi connectivity index (χ0n) is 15.0. The van der Waals surface area contributed by atoms with E-state index in [1.165, 1.54) is 58.0 Å². The molecule has 0 aliphatic carbocycles. The second-order valence-electron chi connectivity index (χ2n) is 7.69. The Bertz CT molecular complexity index is 377. The molecular formula is C18H35Cl2N3O. The second kappa shape index (κ2) is 10.8. The minimum absolute atomic E-state index is 0. The maximum absolute atomic E-state index is 12.5. The van der Waals surface area contributed by atoms with E-state index < -0.39 is 0 Å². The molecule has 0 spiro atoms. The van der Waals surface area contributed by atoms with E-state index in [-0.39, 0.29) is 24.8 Å². The monoisotopic (exact) mass is 379 g/mol. The van der Waals surface area contributed by atoms with Crippen molar-refractivity contribution in [2.45, 2.75) is 70.4 Å². The van der Waals surface area contributed by atoms with Gasteiger partial charge in [-0.05, 0) is 64.5 Å². The molecule has 3 aliphatic rings. The van der Waals surface area contributed by atoms with Crippen molar-refractivity contribution in [2.75, 3.05) is 32.7 Å². The molecule has 3 aliphatic heterocycles. The van der Waals surface area contributed by atoms with Crippen molar-refractivity contribution in [2.24, 2.45) is 5.92 Å². The van der Waals surface area contributed by atoms with Crippen LogP contribution in [0.5, 0.6) is 0 Å². The van der Waals surface area contributed by atoms with E-state index in [2.05, 4.69) is 22.0 Å². The third-order valence-electron chi connectivity index (χ3n) is 5.89. The van der Waals surface area contributed by atoms with Crippen LogP contribution in [0.2, 0.25) is 0 Å². The number of nitrogens with zero attached hydrogens (tertiary/aromatic N) is 2. The Hall–Kier alpha value is -0.0300. The van der Waals surface area contributed by atoms with Crippen LogP contribution in [0.1, 0.15) is 58.3 Å². The molecule has 24 heavy (non-hydrogen) atoms. The molecule has 142 valence electrons. The van der Waals surface area contributed by atoms with Gasteiger partial charge in [0.1, 0.15) is 0 Å². The summed E-state index contributed by atoms with van der Waals surface area (Å²) in [6, 6.07) is 1.18. The summed E-state index contributed by atoms with van der Waals surface area (Å²) in [6.45, 7) is 7.90. The van der Waals surface area contributed by atoms with Gasteiger partial charge in [0.15, 0.2) is 0 Å². The molecule has 1 N–H and O–H groups in total. The predicted octanol–water partition coefficient (Wildman–Crippen LogP) is 3.09. The molecule has 0 saturated carbocycles. The number of likely N-dealkylation sites (tertiary alicyclic amines) is 2. The average molecular weight is 380 g/mol. The minimum atomic E-state index is 0. The smallest absolute Gasteiger partial charge is 0.224 e. The van der Waals surface area contributed by atoms with Gasteiger partial charge in [0.25, 0.3) is 0 Å². The molecule has 3 rings (SSSR count). The number of carbonyl (C=O) groups is 1. The Balaban J connectivity index is 0.00000144. The van der Waals surface area contributed by atoms with Gasteiger partial charge in [0, 0.05) is 38.1 Å². The van der Waals surface area contributed by atoms with Crippen LogP contribution in [0.25, 0.3) is 0 Å². The zero-order chi connectivity index (χ0) is 15.4. The van der Waals surface area contributed by atoms with E-state index in [4.69, 9.17) is 0 Å². The number of piperidine rings is 2. The van der Waals surface area contributed by atoms with Crippen molar-refractivity contribution in [3.63, 3.8) is 0 Å². The third-order valence-corrected chi connectivity index (χ3v) is 5.89. The fraction of sp³-hybridized carbons (Fsp3) is 0.944. The number of amides is 1. The number of rotatable bonds is 4. The first kappa shape index (κ1) is 22.0. The van der Waals surface area contributed by atoms with Crippen molar-refractivity contribution in [3.8, 4) is 0 Å². The number of hydrogen-bond acceptors (Lipinski definition) is 3. The SMILES string of the molecule is CC1CCCCN1CC1CCCN(C(=O)CC2CCCN2)C1.Cl.Cl. The van der Waals surface area contributed by atoms with E-state index in [0.717, 1.165) is 25.7 Å². The summed E-state index contributed by atoms with van der Waals surface area (Å²) in [5, 5.41) is 3.45. The third kappa shape index (κ3) is 6.05. The zero-order valence-corrected chi connectivity index (χ0v) is 16.7. The maximum atomic E-state index is 12.5. The first-order valence-electron chi connectivity index (χ1n) is 9.47. The van der Waals surface area contributed by atoms with Gasteiger partial charge in [0.2, 0.25) is 5.91 Å². The predicted molar refractivity (Wildman–Crippen MR) is 104 cm³/mol. The summed E-state index contributed by atoms with van der Waals surface area (Å²) in [5.41, 5.74) is 0. The first-order chi connectivity index (χ1) is 10.7. The van der Waals surface area contributed by atoms with E-state index in [9.17, 15) is 4.79 Å². The second-order valence-corrected chi connectivity index (χ2v) is 7.69. The van der Waals surface area contributed by atoms with E-state index in [0.29, 0.717) is 24.3 Å². The molecule has 1 amide bonds. The van der Waals surface area contributed by atoms with Crippen LogP contribution in [-0.4, -0.2) is 60.5 Å². The van der Waals surface area contributed by atoms with Crippen molar-refractivity contribution in [1.29, 1.82) is 0 Å². The maximum Gasteiger partial charge on any atom is 0.224 e. The number of carbonyl (C=O) groups excluding carboxylic acids is 1. The fourth-order valence-corrected chi connectivity index (χ4v) is 4.47. The lowest BCUT2D eigenvalue weighted by Crippen LogP contribution is -2.47. The first-order valence-corrected chi connectivity index (χ1v) is 9.47. The molecule has 3 atom stereocenters. The summed E-state index contributed by atoms with van der Waals surface area (Å²) >= 11 is 0. The Morgan fingerprint density at radius 2 is 1.88 bits per heavy atom. The summed E-state index contributed by atoms with van der Waals surface area (Å²) < 4.78 is 0. The summed E-state index contributed by atoms with van der Waals surface area (Å²) in [5.74, 6) is 1.07. The van der Waals surface area contributed by atoms with Gasteiger partial charge in [-0.15, -0.1) is 24.8 Å². The van der Waals surface area contributed by atoms with Crippen molar-refractivity contribution in [1.82, 2.24) is 15.1 Å². The average Bonchev–Trinajstić information content (AvgIpc) is 3.03. The Morgan fingerprint density at radius 1 is 1.04 bits per heavy atom. The number of hydrogen-bond donors (Lipinski definition) is 1. The summed E-state index contributed by atoms with van der Waals surface area (Å²) in [4.78, 5) is 17.4. The lowest BCUT2D eigenvalue weighted by atomic mass is 9.94. The van der Waals surface area contributed by atoms with Gasteiger partial charge in [-0.25, -0.2) is 0 Å². The molecule has 3 unspecified atom stereocenters. The fourth-order valence-electron chi connectivity index (χ4n) is 4.47. The van der Waals surface area contributed by atoms with Crippen LogP contribution >= 0.6 is 24.8 Å². The van der Waals surface area contributed by atoms with Gasteiger partial charge < -0.3 is 15.1 Å². The molecule has 0 aromatic rings. The van der Waals surface area contributed by atoms with Crippen LogP contribution in [0.15, 0.2) is 0 Å². The van der Waals surface area contributed by atoms with E-state index >= 15 is 0 Å². The van der Waals surface area contributed by atoms with Crippen molar-refractivity contribution >= 4 is 30.7 Å². The highest BCUT2D eigenvalue weighted by molar-refractivity contribution is 5.85. The molecule has 0 radical (unpaired) electrons.